The van der Waals surface area contributed by atoms with Gasteiger partial charge in [-0.05, 0) is 53.4 Å². The number of pyridine rings is 1. The molecule has 0 spiro atoms. The molecular weight excluding hydrogens is 284 g/mol. The van der Waals surface area contributed by atoms with E-state index in [0.29, 0.717) is 11.5 Å². The summed E-state index contributed by atoms with van der Waals surface area (Å²) in [7, 11) is 0. The van der Waals surface area contributed by atoms with Crippen LogP contribution in [0.3, 0.4) is 0 Å². The Balaban J connectivity index is 1.74. The summed E-state index contributed by atoms with van der Waals surface area (Å²) < 4.78 is 1.60. The van der Waals surface area contributed by atoms with Crippen LogP contribution >= 0.6 is 0 Å². The normalized spacial score (nSPS) is 18.1. The SMILES string of the molecule is CCc1ccc(/C([O-])=N/[n+]2ccc(C3CC=CCC3)cc2)cc1. The van der Waals surface area contributed by atoms with Gasteiger partial charge >= 0.3 is 0 Å². The van der Waals surface area contributed by atoms with Crippen molar-refractivity contribution in [2.75, 3.05) is 0 Å². The van der Waals surface area contributed by atoms with E-state index < -0.39 is 0 Å². The summed E-state index contributed by atoms with van der Waals surface area (Å²) in [6.07, 6.45) is 12.6. The van der Waals surface area contributed by atoms with Crippen molar-refractivity contribution in [3.05, 3.63) is 77.6 Å². The monoisotopic (exact) mass is 306 g/mol. The van der Waals surface area contributed by atoms with E-state index in [1.54, 1.807) is 4.68 Å². The van der Waals surface area contributed by atoms with E-state index in [1.807, 2.05) is 36.7 Å². The highest BCUT2D eigenvalue weighted by molar-refractivity contribution is 5.90. The lowest BCUT2D eigenvalue weighted by atomic mass is 9.88. The fourth-order valence-electron chi connectivity index (χ4n) is 2.91. The Labute approximate surface area is 137 Å². The average Bonchev–Trinajstić information content (AvgIpc) is 2.63. The van der Waals surface area contributed by atoms with Gasteiger partial charge in [-0.1, -0.05) is 48.0 Å². The number of aromatic nitrogens is 1. The molecule has 23 heavy (non-hydrogen) atoms. The van der Waals surface area contributed by atoms with Crippen LogP contribution in [0, 0.1) is 0 Å². The van der Waals surface area contributed by atoms with Crippen molar-refractivity contribution < 1.29 is 9.78 Å². The summed E-state index contributed by atoms with van der Waals surface area (Å²) in [5.41, 5.74) is 3.16. The third kappa shape index (κ3) is 3.86. The third-order valence-corrected chi connectivity index (χ3v) is 4.40. The number of aryl methyl sites for hydroxylation is 1. The smallest absolute Gasteiger partial charge is 0.202 e. The topological polar surface area (TPSA) is 39.3 Å². The van der Waals surface area contributed by atoms with Gasteiger partial charge in [0.25, 0.3) is 0 Å². The van der Waals surface area contributed by atoms with Gasteiger partial charge in [0.05, 0.1) is 5.90 Å². The lowest BCUT2D eigenvalue weighted by Crippen LogP contribution is -2.33. The Morgan fingerprint density at radius 3 is 2.48 bits per heavy atom. The van der Waals surface area contributed by atoms with Gasteiger partial charge in [0, 0.05) is 12.1 Å². The number of hydrogen-bond donors (Lipinski definition) is 0. The van der Waals surface area contributed by atoms with Crippen LogP contribution in [0.4, 0.5) is 0 Å². The fraction of sp³-hybridized carbons (Fsp3) is 0.300. The molecule has 1 aromatic carbocycles. The predicted octanol–water partition coefficient (Wildman–Crippen LogP) is 2.93. The highest BCUT2D eigenvalue weighted by Gasteiger charge is 2.13. The Morgan fingerprint density at radius 1 is 1.13 bits per heavy atom. The van der Waals surface area contributed by atoms with E-state index in [1.165, 1.54) is 17.5 Å². The van der Waals surface area contributed by atoms with E-state index in [0.717, 1.165) is 19.3 Å². The van der Waals surface area contributed by atoms with Crippen LogP contribution in [0.1, 0.15) is 48.8 Å². The molecule has 0 aliphatic heterocycles. The van der Waals surface area contributed by atoms with Gasteiger partial charge in [0.1, 0.15) is 0 Å². The zero-order valence-corrected chi connectivity index (χ0v) is 13.5. The molecule has 0 fully saturated rings. The van der Waals surface area contributed by atoms with Crippen LogP contribution in [-0.4, -0.2) is 5.90 Å². The summed E-state index contributed by atoms with van der Waals surface area (Å²) in [5.74, 6) is 0.373. The summed E-state index contributed by atoms with van der Waals surface area (Å²) in [6.45, 7) is 2.10. The van der Waals surface area contributed by atoms with Crippen molar-refractivity contribution in [3.8, 4) is 0 Å². The average molecular weight is 306 g/mol. The third-order valence-electron chi connectivity index (χ3n) is 4.40. The van der Waals surface area contributed by atoms with Crippen LogP contribution in [0.5, 0.6) is 0 Å². The molecule has 3 heteroatoms. The lowest BCUT2D eigenvalue weighted by Gasteiger charge is -2.16. The van der Waals surface area contributed by atoms with Crippen LogP contribution in [0.15, 0.2) is 66.0 Å². The molecule has 1 atom stereocenters. The van der Waals surface area contributed by atoms with Crippen LogP contribution < -0.4 is 9.78 Å². The van der Waals surface area contributed by atoms with Crippen LogP contribution in [0.2, 0.25) is 0 Å². The van der Waals surface area contributed by atoms with Crippen molar-refractivity contribution >= 4 is 5.90 Å². The first-order valence-electron chi connectivity index (χ1n) is 8.28. The predicted molar refractivity (Wildman–Crippen MR) is 90.1 cm³/mol. The molecule has 1 aliphatic rings. The molecule has 3 rings (SSSR count). The largest absolute Gasteiger partial charge is 0.854 e. The molecule has 1 unspecified atom stereocenters. The van der Waals surface area contributed by atoms with Crippen molar-refractivity contribution in [1.82, 2.24) is 0 Å². The van der Waals surface area contributed by atoms with Gasteiger partial charge in [-0.3, -0.25) is 0 Å². The number of rotatable bonds is 4. The number of benzene rings is 1. The standard InChI is InChI=1S/C20H22N2O/c1-2-16-8-10-19(11-9-16)20(23)21-22-14-12-18(13-15-22)17-6-4-3-5-7-17/h3-4,8-15,17H,2,5-7H2,1H3. The van der Waals surface area contributed by atoms with Gasteiger partial charge in [-0.2, -0.15) is 0 Å². The maximum Gasteiger partial charge on any atom is 0.202 e. The number of nitrogens with zero attached hydrogens (tertiary/aromatic N) is 2. The molecule has 2 aromatic rings. The first kappa shape index (κ1) is 15.5. The first-order chi connectivity index (χ1) is 11.3. The molecule has 0 saturated heterocycles. The summed E-state index contributed by atoms with van der Waals surface area (Å²) in [4.78, 5) is 0. The van der Waals surface area contributed by atoms with Crippen molar-refractivity contribution in [1.29, 1.82) is 0 Å². The number of allylic oxidation sites excluding steroid dienone is 2. The fourth-order valence-corrected chi connectivity index (χ4v) is 2.91. The second-order valence-corrected chi connectivity index (χ2v) is 5.95. The molecule has 0 N–H and O–H groups in total. The van der Waals surface area contributed by atoms with E-state index in [-0.39, 0.29) is 5.90 Å². The van der Waals surface area contributed by atoms with E-state index in [4.69, 9.17) is 0 Å². The first-order valence-corrected chi connectivity index (χ1v) is 8.28. The van der Waals surface area contributed by atoms with Crippen molar-refractivity contribution in [3.63, 3.8) is 0 Å². The second-order valence-electron chi connectivity index (χ2n) is 5.95. The van der Waals surface area contributed by atoms with Crippen molar-refractivity contribution in [2.45, 2.75) is 38.5 Å². The molecule has 0 bridgehead atoms. The van der Waals surface area contributed by atoms with Crippen LogP contribution in [0.25, 0.3) is 0 Å². The molecular formula is C20H22N2O. The van der Waals surface area contributed by atoms with Crippen molar-refractivity contribution in [2.24, 2.45) is 5.10 Å². The summed E-state index contributed by atoms with van der Waals surface area (Å²) >= 11 is 0. The second kappa shape index (κ2) is 7.23. The lowest BCUT2D eigenvalue weighted by molar-refractivity contribution is -0.681. The van der Waals surface area contributed by atoms with Crippen LogP contribution in [-0.2, 0) is 6.42 Å². The minimum atomic E-state index is -0.217. The van der Waals surface area contributed by atoms with E-state index >= 15 is 0 Å². The highest BCUT2D eigenvalue weighted by atomic mass is 16.3. The van der Waals surface area contributed by atoms with Gasteiger partial charge in [0.15, 0.2) is 0 Å². The Kier molecular flexibility index (Phi) is 4.86. The van der Waals surface area contributed by atoms with Gasteiger partial charge in [-0.15, -0.1) is 0 Å². The molecule has 118 valence electrons. The highest BCUT2D eigenvalue weighted by Crippen LogP contribution is 2.28. The maximum atomic E-state index is 12.2. The molecule has 0 amide bonds. The Hall–Kier alpha value is -2.42. The number of hydrogen-bond acceptors (Lipinski definition) is 2. The van der Waals surface area contributed by atoms with Gasteiger partial charge in [-0.25, -0.2) is 0 Å². The summed E-state index contributed by atoms with van der Waals surface area (Å²) in [5, 5.41) is 16.3. The van der Waals surface area contributed by atoms with Gasteiger partial charge in [0.2, 0.25) is 12.4 Å². The Bertz CT molecular complexity index is 699. The molecule has 1 heterocycles. The zero-order valence-electron chi connectivity index (χ0n) is 13.5. The quantitative estimate of drug-likeness (QED) is 0.370. The minimum absolute atomic E-state index is 0.217. The Morgan fingerprint density at radius 2 is 1.87 bits per heavy atom. The van der Waals surface area contributed by atoms with E-state index in [2.05, 4.69) is 36.3 Å². The maximum absolute atomic E-state index is 12.2. The molecule has 0 radical (unpaired) electrons. The zero-order chi connectivity index (χ0) is 16.1. The molecule has 1 aliphatic carbocycles. The molecule has 1 aromatic heterocycles. The molecule has 3 nitrogen and oxygen atoms in total. The summed E-state index contributed by atoms with van der Waals surface area (Å²) in [6, 6.07) is 11.8. The van der Waals surface area contributed by atoms with E-state index in [9.17, 15) is 5.11 Å². The minimum Gasteiger partial charge on any atom is -0.854 e. The molecule has 0 saturated carbocycles. The van der Waals surface area contributed by atoms with Gasteiger partial charge < -0.3 is 5.11 Å².